The Bertz CT molecular complexity index is 1330. The lowest BCUT2D eigenvalue weighted by atomic mass is 10.2. The zero-order valence-corrected chi connectivity index (χ0v) is 18.9. The van der Waals surface area contributed by atoms with Crippen LogP contribution in [0.15, 0.2) is 70.0 Å². The molecule has 2 aromatic heterocycles. The van der Waals surface area contributed by atoms with E-state index in [0.717, 1.165) is 25.7 Å². The van der Waals surface area contributed by atoms with Crippen molar-refractivity contribution in [3.8, 4) is 10.4 Å². The predicted molar refractivity (Wildman–Crippen MR) is 117 cm³/mol. The monoisotopic (exact) mass is 481 g/mol. The minimum Gasteiger partial charge on any atom is -0.288 e. The van der Waals surface area contributed by atoms with Crippen LogP contribution in [0.4, 0.5) is 0 Å². The summed E-state index contributed by atoms with van der Waals surface area (Å²) in [5.74, 6) is -0.733. The molecule has 2 N–H and O–H groups in total. The summed E-state index contributed by atoms with van der Waals surface area (Å²) in [6.45, 7) is 0. The number of thiophene rings is 1. The quantitative estimate of drug-likeness (QED) is 0.303. The van der Waals surface area contributed by atoms with Crippen LogP contribution in [0.2, 0.25) is 0 Å². The summed E-state index contributed by atoms with van der Waals surface area (Å²) in [6.07, 6.45) is 5.12. The number of hydrogen-bond donors (Lipinski definition) is 2. The van der Waals surface area contributed by atoms with Gasteiger partial charge < -0.3 is 0 Å². The molecule has 1 amide bonds. The van der Waals surface area contributed by atoms with Crippen LogP contribution >= 0.6 is 11.3 Å². The summed E-state index contributed by atoms with van der Waals surface area (Å²) in [5, 5.41) is 8.49. The van der Waals surface area contributed by atoms with Crippen LogP contribution in [0.3, 0.4) is 0 Å². The van der Waals surface area contributed by atoms with Crippen LogP contribution in [0, 0.1) is 0 Å². The van der Waals surface area contributed by atoms with Crippen molar-refractivity contribution in [3.63, 3.8) is 0 Å². The SMILES string of the molecule is CN(C)S(=O)(=O)c1ccc(-c2ccc(S(=O)(=O)n3ccc(C=CC(=O)NO)c3)s2)cc1. The van der Waals surface area contributed by atoms with Crippen molar-refractivity contribution in [1.82, 2.24) is 13.8 Å². The van der Waals surface area contributed by atoms with Gasteiger partial charge in [-0.2, -0.15) is 8.42 Å². The van der Waals surface area contributed by atoms with Crippen LogP contribution in [-0.2, 0) is 24.8 Å². The molecule has 0 fully saturated rings. The Hall–Kier alpha value is -2.77. The van der Waals surface area contributed by atoms with Gasteiger partial charge >= 0.3 is 0 Å². The van der Waals surface area contributed by atoms with Crippen molar-refractivity contribution in [2.45, 2.75) is 9.10 Å². The highest BCUT2D eigenvalue weighted by Gasteiger charge is 2.20. The molecular weight excluding hydrogens is 462 g/mol. The van der Waals surface area contributed by atoms with E-state index in [2.05, 4.69) is 0 Å². The first-order valence-electron chi connectivity index (χ1n) is 8.74. The van der Waals surface area contributed by atoms with Gasteiger partial charge in [0.05, 0.1) is 4.90 Å². The van der Waals surface area contributed by atoms with Crippen LogP contribution in [-0.4, -0.2) is 50.3 Å². The highest BCUT2D eigenvalue weighted by Crippen LogP contribution is 2.32. The average Bonchev–Trinajstić information content (AvgIpc) is 3.42. The van der Waals surface area contributed by atoms with Gasteiger partial charge in [0.1, 0.15) is 4.21 Å². The number of hydroxylamine groups is 1. The number of amides is 1. The lowest BCUT2D eigenvalue weighted by Gasteiger charge is -2.11. The van der Waals surface area contributed by atoms with E-state index in [1.54, 1.807) is 18.2 Å². The minimum atomic E-state index is -3.84. The first-order valence-corrected chi connectivity index (χ1v) is 12.4. The highest BCUT2D eigenvalue weighted by molar-refractivity contribution is 7.92. The Balaban J connectivity index is 1.86. The summed E-state index contributed by atoms with van der Waals surface area (Å²) in [4.78, 5) is 11.9. The van der Waals surface area contributed by atoms with E-state index in [9.17, 15) is 21.6 Å². The molecule has 9 nitrogen and oxygen atoms in total. The largest absolute Gasteiger partial charge is 0.288 e. The summed E-state index contributed by atoms with van der Waals surface area (Å²) in [6, 6.07) is 10.9. The van der Waals surface area contributed by atoms with E-state index >= 15 is 0 Å². The minimum absolute atomic E-state index is 0.103. The molecule has 3 aromatic rings. The van der Waals surface area contributed by atoms with Crippen molar-refractivity contribution >= 4 is 43.4 Å². The summed E-state index contributed by atoms with van der Waals surface area (Å²) in [7, 11) is -4.49. The Morgan fingerprint density at radius 2 is 1.74 bits per heavy atom. The average molecular weight is 482 g/mol. The number of carbonyl (C=O) groups is 1. The molecule has 0 bridgehead atoms. The Morgan fingerprint density at radius 1 is 1.06 bits per heavy atom. The first kappa shape index (κ1) is 22.9. The van der Waals surface area contributed by atoms with Gasteiger partial charge in [0, 0.05) is 37.4 Å². The number of rotatable bonds is 7. The molecular formula is C19H19N3O6S3. The van der Waals surface area contributed by atoms with Crippen molar-refractivity contribution in [3.05, 3.63) is 66.5 Å². The third-order valence-corrected chi connectivity index (χ3v) is 9.33. The molecule has 0 aliphatic heterocycles. The second-order valence-electron chi connectivity index (χ2n) is 6.52. The maximum atomic E-state index is 12.9. The van der Waals surface area contributed by atoms with E-state index in [-0.39, 0.29) is 9.10 Å². The molecule has 0 spiro atoms. The lowest BCUT2D eigenvalue weighted by molar-refractivity contribution is -0.124. The van der Waals surface area contributed by atoms with Gasteiger partial charge in [0.15, 0.2) is 0 Å². The third-order valence-electron chi connectivity index (χ3n) is 4.26. The van der Waals surface area contributed by atoms with Crippen LogP contribution in [0.5, 0.6) is 0 Å². The summed E-state index contributed by atoms with van der Waals surface area (Å²) in [5.41, 5.74) is 2.60. The van der Waals surface area contributed by atoms with Gasteiger partial charge in [-0.25, -0.2) is 22.2 Å². The molecule has 3 rings (SSSR count). The topological polar surface area (TPSA) is 126 Å². The van der Waals surface area contributed by atoms with Crippen molar-refractivity contribution in [2.75, 3.05) is 14.1 Å². The molecule has 12 heteroatoms. The Kier molecular flexibility index (Phi) is 6.48. The highest BCUT2D eigenvalue weighted by atomic mass is 32.2. The van der Waals surface area contributed by atoms with Gasteiger partial charge in [0.25, 0.3) is 15.9 Å². The summed E-state index contributed by atoms with van der Waals surface area (Å²) < 4.78 is 52.4. The standard InChI is InChI=1S/C19H19N3O6S3/c1-21(2)30(25,26)16-6-4-15(5-7-16)17-8-10-19(29-17)31(27,28)22-12-11-14(13-22)3-9-18(23)20-24/h3-13,24H,1-2H3,(H,20,23). The Morgan fingerprint density at radius 3 is 2.35 bits per heavy atom. The van der Waals surface area contributed by atoms with E-state index in [0.29, 0.717) is 16.0 Å². The molecule has 0 aliphatic carbocycles. The molecule has 0 radical (unpaired) electrons. The second-order valence-corrected chi connectivity index (χ2v) is 11.8. The maximum Gasteiger partial charge on any atom is 0.277 e. The lowest BCUT2D eigenvalue weighted by Crippen LogP contribution is -2.22. The predicted octanol–water partition coefficient (Wildman–Crippen LogP) is 2.22. The number of carbonyl (C=O) groups excluding carboxylic acids is 1. The zero-order valence-electron chi connectivity index (χ0n) is 16.5. The fourth-order valence-electron chi connectivity index (χ4n) is 2.57. The van der Waals surface area contributed by atoms with Crippen LogP contribution in [0.1, 0.15) is 5.56 Å². The number of nitrogens with zero attached hydrogens (tertiary/aromatic N) is 2. The van der Waals surface area contributed by atoms with Gasteiger partial charge in [-0.05, 0) is 47.5 Å². The van der Waals surface area contributed by atoms with E-state index in [1.807, 2.05) is 0 Å². The molecule has 0 saturated heterocycles. The third kappa shape index (κ3) is 4.78. The fraction of sp³-hybridized carbons (Fsp3) is 0.105. The fourth-order valence-corrected chi connectivity index (χ4v) is 6.09. The number of hydrogen-bond acceptors (Lipinski definition) is 7. The maximum absolute atomic E-state index is 12.9. The van der Waals surface area contributed by atoms with Crippen molar-refractivity contribution in [2.24, 2.45) is 0 Å². The molecule has 0 saturated carbocycles. The van der Waals surface area contributed by atoms with Gasteiger partial charge in [0.2, 0.25) is 10.0 Å². The van der Waals surface area contributed by atoms with E-state index in [1.165, 1.54) is 62.3 Å². The number of aromatic nitrogens is 1. The normalized spacial score (nSPS) is 12.5. The molecule has 164 valence electrons. The van der Waals surface area contributed by atoms with Gasteiger partial charge in [-0.3, -0.25) is 10.0 Å². The Labute approximate surface area is 183 Å². The molecule has 0 atom stereocenters. The zero-order chi connectivity index (χ0) is 22.8. The summed E-state index contributed by atoms with van der Waals surface area (Å²) >= 11 is 1.05. The molecule has 2 heterocycles. The van der Waals surface area contributed by atoms with E-state index in [4.69, 9.17) is 5.21 Å². The van der Waals surface area contributed by atoms with Gasteiger partial charge in [-0.15, -0.1) is 11.3 Å². The second kappa shape index (κ2) is 8.77. The van der Waals surface area contributed by atoms with Crippen molar-refractivity contribution < 1.29 is 26.8 Å². The number of sulfonamides is 1. The number of benzene rings is 1. The van der Waals surface area contributed by atoms with Gasteiger partial charge in [-0.1, -0.05) is 12.1 Å². The molecule has 1 aromatic carbocycles. The van der Waals surface area contributed by atoms with E-state index < -0.39 is 26.0 Å². The smallest absolute Gasteiger partial charge is 0.277 e. The molecule has 0 aliphatic rings. The van der Waals surface area contributed by atoms with Crippen LogP contribution < -0.4 is 5.48 Å². The molecule has 0 unspecified atom stereocenters. The molecule has 31 heavy (non-hydrogen) atoms. The van der Waals surface area contributed by atoms with Crippen LogP contribution in [0.25, 0.3) is 16.5 Å². The van der Waals surface area contributed by atoms with Crippen molar-refractivity contribution in [1.29, 1.82) is 0 Å². The number of nitrogens with one attached hydrogen (secondary N) is 1. The first-order chi connectivity index (χ1) is 14.6.